The van der Waals surface area contributed by atoms with E-state index in [-0.39, 0.29) is 16.2 Å². The van der Waals surface area contributed by atoms with Gasteiger partial charge in [-0.3, -0.25) is 0 Å². The van der Waals surface area contributed by atoms with Gasteiger partial charge in [-0.1, -0.05) is 12.2 Å². The van der Waals surface area contributed by atoms with Gasteiger partial charge in [-0.25, -0.2) is 8.78 Å². The summed E-state index contributed by atoms with van der Waals surface area (Å²) in [6, 6.07) is 4.71. The lowest BCUT2D eigenvalue weighted by Gasteiger charge is -2.09. The Balaban J connectivity index is 2.19. The summed E-state index contributed by atoms with van der Waals surface area (Å²) in [5, 5.41) is 6.69. The normalized spacial score (nSPS) is 10.3. The average molecular weight is 284 g/mol. The summed E-state index contributed by atoms with van der Waals surface area (Å²) in [5.41, 5.74) is 6.32. The molecule has 6 heteroatoms. The number of nitrogens with one attached hydrogen (secondary N) is 1. The van der Waals surface area contributed by atoms with E-state index in [4.69, 9.17) is 5.73 Å². The zero-order valence-electron chi connectivity index (χ0n) is 9.24. The fourth-order valence-corrected chi connectivity index (χ4v) is 2.29. The predicted octanol–water partition coefficient (Wildman–Crippen LogP) is 3.27. The Morgan fingerprint density at radius 1 is 1.28 bits per heavy atom. The molecule has 0 atom stereocenters. The van der Waals surface area contributed by atoms with Crippen molar-refractivity contribution in [2.75, 3.05) is 5.32 Å². The molecular weight excluding hydrogens is 274 g/mol. The highest BCUT2D eigenvalue weighted by atomic mass is 32.1. The quantitative estimate of drug-likeness (QED) is 0.846. The van der Waals surface area contributed by atoms with E-state index >= 15 is 0 Å². The maximum Gasteiger partial charge on any atom is 0.182 e. The van der Waals surface area contributed by atoms with Crippen molar-refractivity contribution in [1.82, 2.24) is 0 Å². The number of hydrogen-bond acceptors (Lipinski definition) is 3. The molecule has 0 amide bonds. The number of anilines is 1. The molecule has 0 unspecified atom stereocenters. The first-order valence-electron chi connectivity index (χ1n) is 5.12. The van der Waals surface area contributed by atoms with E-state index in [1.54, 1.807) is 11.3 Å². The molecule has 0 radical (unpaired) electrons. The first-order valence-corrected chi connectivity index (χ1v) is 6.47. The van der Waals surface area contributed by atoms with E-state index in [1.165, 1.54) is 12.1 Å². The second-order valence-corrected chi connectivity index (χ2v) is 4.86. The molecule has 1 aromatic carbocycles. The Morgan fingerprint density at radius 3 is 2.67 bits per heavy atom. The first kappa shape index (κ1) is 12.9. The monoisotopic (exact) mass is 284 g/mol. The molecule has 0 aliphatic rings. The molecule has 0 fully saturated rings. The average Bonchev–Trinajstić information content (AvgIpc) is 2.83. The number of thiocarbonyl (C=S) groups is 1. The van der Waals surface area contributed by atoms with Crippen molar-refractivity contribution in [3.8, 4) is 0 Å². The zero-order valence-corrected chi connectivity index (χ0v) is 10.9. The van der Waals surface area contributed by atoms with Crippen molar-refractivity contribution in [3.05, 3.63) is 51.7 Å². The van der Waals surface area contributed by atoms with Crippen LogP contribution in [0.3, 0.4) is 0 Å². The van der Waals surface area contributed by atoms with E-state index in [2.05, 4.69) is 17.5 Å². The van der Waals surface area contributed by atoms with E-state index in [1.807, 2.05) is 16.8 Å². The van der Waals surface area contributed by atoms with Gasteiger partial charge in [-0.15, -0.1) is 0 Å². The van der Waals surface area contributed by atoms with Gasteiger partial charge in [-0.2, -0.15) is 11.3 Å². The fourth-order valence-electron chi connectivity index (χ4n) is 1.47. The molecule has 0 aliphatic carbocycles. The van der Waals surface area contributed by atoms with Crippen LogP contribution < -0.4 is 11.1 Å². The number of nitrogens with two attached hydrogens (primary N) is 1. The van der Waals surface area contributed by atoms with Crippen molar-refractivity contribution < 1.29 is 8.78 Å². The van der Waals surface area contributed by atoms with Crippen LogP contribution >= 0.6 is 23.6 Å². The molecule has 1 heterocycles. The van der Waals surface area contributed by atoms with E-state index < -0.39 is 11.6 Å². The minimum Gasteiger partial charge on any atom is -0.389 e. The number of hydrogen-bond donors (Lipinski definition) is 2. The smallest absolute Gasteiger partial charge is 0.182 e. The van der Waals surface area contributed by atoms with Crippen molar-refractivity contribution in [2.24, 2.45) is 5.73 Å². The van der Waals surface area contributed by atoms with Gasteiger partial charge in [-0.05, 0) is 34.5 Å². The highest BCUT2D eigenvalue weighted by Gasteiger charge is 2.14. The van der Waals surface area contributed by atoms with Crippen LogP contribution in [0.5, 0.6) is 0 Å². The third kappa shape index (κ3) is 2.65. The molecule has 0 saturated carbocycles. The maximum atomic E-state index is 13.7. The lowest BCUT2D eigenvalue weighted by Crippen LogP contribution is -2.13. The molecule has 94 valence electrons. The van der Waals surface area contributed by atoms with Gasteiger partial charge >= 0.3 is 0 Å². The molecule has 3 N–H and O–H groups in total. The lowest BCUT2D eigenvalue weighted by atomic mass is 10.1. The Labute approximate surface area is 112 Å². The van der Waals surface area contributed by atoms with E-state index in [0.717, 1.165) is 5.56 Å². The molecule has 0 aliphatic heterocycles. The number of thiophene rings is 1. The third-order valence-corrected chi connectivity index (χ3v) is 3.36. The minimum absolute atomic E-state index is 0.0800. The van der Waals surface area contributed by atoms with Crippen molar-refractivity contribution in [1.29, 1.82) is 0 Å². The van der Waals surface area contributed by atoms with Crippen molar-refractivity contribution >= 4 is 34.2 Å². The highest BCUT2D eigenvalue weighted by Crippen LogP contribution is 2.21. The van der Waals surface area contributed by atoms with Crippen LogP contribution in [-0.2, 0) is 6.54 Å². The zero-order chi connectivity index (χ0) is 13.1. The number of rotatable bonds is 4. The largest absolute Gasteiger partial charge is 0.389 e. The standard InChI is InChI=1S/C12H10F2N2S2/c13-10-8(12(15)17)1-2-9(11(10)14)16-5-7-3-4-18-6-7/h1-4,6,16H,5H2,(H2,15,17). The van der Waals surface area contributed by atoms with Crippen LogP contribution in [0.25, 0.3) is 0 Å². The minimum atomic E-state index is -1.02. The molecular formula is C12H10F2N2S2. The van der Waals surface area contributed by atoms with Crippen LogP contribution in [0.4, 0.5) is 14.5 Å². The molecule has 0 saturated heterocycles. The van der Waals surface area contributed by atoms with Gasteiger partial charge in [0.15, 0.2) is 11.6 Å². The highest BCUT2D eigenvalue weighted by molar-refractivity contribution is 7.80. The predicted molar refractivity (Wildman–Crippen MR) is 73.9 cm³/mol. The van der Waals surface area contributed by atoms with Crippen LogP contribution in [0.2, 0.25) is 0 Å². The first-order chi connectivity index (χ1) is 8.59. The van der Waals surface area contributed by atoms with Crippen LogP contribution in [0.15, 0.2) is 29.0 Å². The molecule has 0 bridgehead atoms. The Morgan fingerprint density at radius 2 is 2.06 bits per heavy atom. The van der Waals surface area contributed by atoms with E-state index in [9.17, 15) is 8.78 Å². The summed E-state index contributed by atoms with van der Waals surface area (Å²) in [5.74, 6) is -1.98. The Bertz CT molecular complexity index is 568. The Kier molecular flexibility index (Phi) is 3.88. The van der Waals surface area contributed by atoms with Gasteiger partial charge in [0.05, 0.1) is 5.69 Å². The Hall–Kier alpha value is -1.53. The van der Waals surface area contributed by atoms with Crippen LogP contribution in [0.1, 0.15) is 11.1 Å². The van der Waals surface area contributed by atoms with Gasteiger partial charge in [0, 0.05) is 12.1 Å². The fraction of sp³-hybridized carbons (Fsp3) is 0.0833. The second-order valence-electron chi connectivity index (χ2n) is 3.64. The van der Waals surface area contributed by atoms with Crippen molar-refractivity contribution in [3.63, 3.8) is 0 Å². The number of benzene rings is 1. The van der Waals surface area contributed by atoms with E-state index in [0.29, 0.717) is 6.54 Å². The SMILES string of the molecule is NC(=S)c1ccc(NCc2ccsc2)c(F)c1F. The lowest BCUT2D eigenvalue weighted by molar-refractivity contribution is 0.509. The van der Waals surface area contributed by atoms with Gasteiger partial charge in [0.2, 0.25) is 0 Å². The summed E-state index contributed by atoms with van der Waals surface area (Å²) in [6.07, 6.45) is 0. The second kappa shape index (κ2) is 5.41. The molecule has 18 heavy (non-hydrogen) atoms. The summed E-state index contributed by atoms with van der Waals surface area (Å²) in [7, 11) is 0. The molecule has 2 nitrogen and oxygen atoms in total. The van der Waals surface area contributed by atoms with Crippen molar-refractivity contribution in [2.45, 2.75) is 6.54 Å². The molecule has 0 spiro atoms. The topological polar surface area (TPSA) is 38.0 Å². The molecule has 1 aromatic heterocycles. The summed E-state index contributed by atoms with van der Waals surface area (Å²) >= 11 is 6.18. The summed E-state index contributed by atoms with van der Waals surface area (Å²) < 4.78 is 27.3. The maximum absolute atomic E-state index is 13.7. The molecule has 2 aromatic rings. The van der Waals surface area contributed by atoms with Crippen LogP contribution in [-0.4, -0.2) is 4.99 Å². The van der Waals surface area contributed by atoms with Gasteiger partial charge in [0.1, 0.15) is 4.99 Å². The van der Waals surface area contributed by atoms with Gasteiger partial charge in [0.25, 0.3) is 0 Å². The van der Waals surface area contributed by atoms with Gasteiger partial charge < -0.3 is 11.1 Å². The summed E-state index contributed by atoms with van der Waals surface area (Å²) in [6.45, 7) is 0.437. The summed E-state index contributed by atoms with van der Waals surface area (Å²) in [4.78, 5) is -0.157. The number of halogens is 2. The third-order valence-electron chi connectivity index (χ3n) is 2.41. The molecule has 2 rings (SSSR count). The van der Waals surface area contributed by atoms with Crippen LogP contribution in [0, 0.1) is 11.6 Å².